The Morgan fingerprint density at radius 3 is 1.09 bits per heavy atom. The molecule has 0 bridgehead atoms. The van der Waals surface area contributed by atoms with Gasteiger partial charge in [0.1, 0.15) is 13.2 Å². The predicted octanol–water partition coefficient (Wildman–Crippen LogP) is 11.2. The third-order valence-electron chi connectivity index (χ3n) is 9.12. The number of hydrogen-bond donors (Lipinski definition) is 0. The van der Waals surface area contributed by atoms with Gasteiger partial charge in [0, 0.05) is 0 Å². The van der Waals surface area contributed by atoms with E-state index in [-0.39, 0.29) is 42.9 Å². The third-order valence-corrected chi connectivity index (χ3v) is 9.12. The molecular weight excluding hydrogens is 574 g/mol. The van der Waals surface area contributed by atoms with E-state index in [4.69, 9.17) is 9.47 Å². The van der Waals surface area contributed by atoms with E-state index in [1.807, 2.05) is 6.92 Å². The summed E-state index contributed by atoms with van der Waals surface area (Å²) in [6, 6.07) is 0. The van der Waals surface area contributed by atoms with E-state index >= 15 is 0 Å². The van der Waals surface area contributed by atoms with Crippen LogP contribution in [0.2, 0.25) is 0 Å². The highest BCUT2D eigenvalue weighted by molar-refractivity contribution is 5.87. The monoisotopic (exact) mass is 650 g/mol. The number of carbonyl (C=O) groups excluding carboxylic acids is 3. The number of unbranched alkanes of at least 4 members (excludes halogenated alkanes) is 16. The molecule has 0 aliphatic carbocycles. The molecule has 0 aliphatic heterocycles. The number of hydrogen-bond acceptors (Lipinski definition) is 5. The van der Waals surface area contributed by atoms with E-state index < -0.39 is 0 Å². The first-order chi connectivity index (χ1) is 22.4. The molecule has 0 saturated carbocycles. The molecule has 0 spiro atoms. The number of allylic oxidation sites excluding steroid dienone is 1. The summed E-state index contributed by atoms with van der Waals surface area (Å²) in [7, 11) is 0. The standard InChI is InChI=1S/C40H75NO5/c1-6-11-15-19-23-28-36(29-24-20-16-12-7-2)39(43)45-34-32-41(38(42)27-10-5)33-35-46-40(44)37(30-25-21-17-13-8-3)31-26-22-18-14-9-4/h10,27,36-37H,6-9,11-26,28-35H2,1-5H3/b27-10-. The Kier molecular flexibility index (Phi) is 31.7. The lowest BCUT2D eigenvalue weighted by Gasteiger charge is -2.23. The van der Waals surface area contributed by atoms with Crippen molar-refractivity contribution in [2.75, 3.05) is 26.3 Å². The topological polar surface area (TPSA) is 72.9 Å². The summed E-state index contributed by atoms with van der Waals surface area (Å²) < 4.78 is 11.5. The van der Waals surface area contributed by atoms with E-state index in [2.05, 4.69) is 27.7 Å². The number of amides is 1. The maximum Gasteiger partial charge on any atom is 0.308 e. The Labute approximate surface area is 285 Å². The Bertz CT molecular complexity index is 674. The molecule has 0 unspecified atom stereocenters. The number of esters is 2. The zero-order chi connectivity index (χ0) is 34.1. The lowest BCUT2D eigenvalue weighted by Crippen LogP contribution is -2.37. The van der Waals surface area contributed by atoms with Crippen molar-refractivity contribution in [3.8, 4) is 0 Å². The summed E-state index contributed by atoms with van der Waals surface area (Å²) in [5.74, 6) is -0.538. The second-order valence-corrected chi connectivity index (χ2v) is 13.4. The molecule has 0 atom stereocenters. The third kappa shape index (κ3) is 25.3. The molecule has 0 radical (unpaired) electrons. The minimum Gasteiger partial charge on any atom is -0.464 e. The van der Waals surface area contributed by atoms with E-state index in [0.29, 0.717) is 13.1 Å². The molecule has 0 heterocycles. The largest absolute Gasteiger partial charge is 0.464 e. The first-order valence-corrected chi connectivity index (χ1v) is 19.7. The van der Waals surface area contributed by atoms with Crippen LogP contribution in [0.5, 0.6) is 0 Å². The Morgan fingerprint density at radius 2 is 0.804 bits per heavy atom. The lowest BCUT2D eigenvalue weighted by atomic mass is 9.94. The van der Waals surface area contributed by atoms with Crippen molar-refractivity contribution in [3.05, 3.63) is 12.2 Å². The Balaban J connectivity index is 4.98. The van der Waals surface area contributed by atoms with Gasteiger partial charge in [0.25, 0.3) is 0 Å². The average molecular weight is 650 g/mol. The summed E-state index contributed by atoms with van der Waals surface area (Å²) in [4.78, 5) is 40.7. The Morgan fingerprint density at radius 1 is 0.500 bits per heavy atom. The first-order valence-electron chi connectivity index (χ1n) is 19.7. The molecule has 1 amide bonds. The molecule has 0 N–H and O–H groups in total. The second-order valence-electron chi connectivity index (χ2n) is 13.4. The van der Waals surface area contributed by atoms with Crippen LogP contribution in [0.25, 0.3) is 0 Å². The molecule has 0 rings (SSSR count). The SMILES string of the molecule is C/C=C\C(=O)N(CCOC(=O)C(CCCCCCC)CCCCCCC)CCOC(=O)C(CCCCCCC)CCCCCCC. The van der Waals surface area contributed by atoms with E-state index in [1.54, 1.807) is 11.0 Å². The Hall–Kier alpha value is -1.85. The maximum atomic E-state index is 13.1. The molecule has 0 aromatic carbocycles. The van der Waals surface area contributed by atoms with Gasteiger partial charge in [-0.05, 0) is 38.7 Å². The van der Waals surface area contributed by atoms with Crippen LogP contribution in [0.1, 0.15) is 189 Å². The van der Waals surface area contributed by atoms with E-state index in [1.165, 1.54) is 83.1 Å². The quantitative estimate of drug-likeness (QED) is 0.0402. The van der Waals surface area contributed by atoms with Crippen LogP contribution in [0.15, 0.2) is 12.2 Å². The van der Waals surface area contributed by atoms with Crippen molar-refractivity contribution >= 4 is 17.8 Å². The highest BCUT2D eigenvalue weighted by Gasteiger charge is 2.22. The van der Waals surface area contributed by atoms with Crippen molar-refractivity contribution in [1.29, 1.82) is 0 Å². The van der Waals surface area contributed by atoms with Gasteiger partial charge >= 0.3 is 11.9 Å². The van der Waals surface area contributed by atoms with Crippen LogP contribution in [-0.4, -0.2) is 49.0 Å². The molecule has 6 nitrogen and oxygen atoms in total. The first kappa shape index (κ1) is 44.1. The van der Waals surface area contributed by atoms with Crippen LogP contribution in [0.3, 0.4) is 0 Å². The molecule has 0 fully saturated rings. The van der Waals surface area contributed by atoms with Crippen LogP contribution >= 0.6 is 0 Å². The van der Waals surface area contributed by atoms with Crippen molar-refractivity contribution in [2.24, 2.45) is 11.8 Å². The summed E-state index contributed by atoms with van der Waals surface area (Å²) in [6.45, 7) is 11.6. The predicted molar refractivity (Wildman–Crippen MR) is 194 cm³/mol. The van der Waals surface area contributed by atoms with Gasteiger partial charge in [-0.1, -0.05) is 162 Å². The molecule has 0 saturated heterocycles. The second kappa shape index (κ2) is 33.1. The van der Waals surface area contributed by atoms with Crippen molar-refractivity contribution < 1.29 is 23.9 Å². The zero-order valence-electron chi connectivity index (χ0n) is 31.1. The minimum atomic E-state index is -0.151. The van der Waals surface area contributed by atoms with E-state index in [0.717, 1.165) is 77.0 Å². The van der Waals surface area contributed by atoms with Crippen LogP contribution in [0.4, 0.5) is 0 Å². The maximum absolute atomic E-state index is 13.1. The molecule has 6 heteroatoms. The highest BCUT2D eigenvalue weighted by atomic mass is 16.5. The van der Waals surface area contributed by atoms with Gasteiger partial charge in [0.15, 0.2) is 0 Å². The van der Waals surface area contributed by atoms with Crippen LogP contribution in [0, 0.1) is 11.8 Å². The minimum absolute atomic E-state index is 0.0650. The number of rotatable bonds is 33. The summed E-state index contributed by atoms with van der Waals surface area (Å²) in [6.07, 6.45) is 30.4. The normalized spacial score (nSPS) is 11.5. The van der Waals surface area contributed by atoms with Gasteiger partial charge in [-0.3, -0.25) is 14.4 Å². The van der Waals surface area contributed by atoms with Gasteiger partial charge < -0.3 is 14.4 Å². The fourth-order valence-corrected chi connectivity index (χ4v) is 6.07. The van der Waals surface area contributed by atoms with Gasteiger partial charge in [-0.2, -0.15) is 0 Å². The summed E-state index contributed by atoms with van der Waals surface area (Å²) in [5.41, 5.74) is 0. The van der Waals surface area contributed by atoms with E-state index in [9.17, 15) is 14.4 Å². The number of ether oxygens (including phenoxy) is 2. The molecule has 0 aromatic heterocycles. The average Bonchev–Trinajstić information content (AvgIpc) is 3.05. The molecule has 270 valence electrons. The van der Waals surface area contributed by atoms with Crippen LogP contribution in [-0.2, 0) is 23.9 Å². The van der Waals surface area contributed by atoms with Crippen LogP contribution < -0.4 is 0 Å². The highest BCUT2D eigenvalue weighted by Crippen LogP contribution is 2.22. The molecular formula is C40H75NO5. The van der Waals surface area contributed by atoms with Crippen molar-refractivity contribution in [2.45, 2.75) is 189 Å². The van der Waals surface area contributed by atoms with Gasteiger partial charge in [-0.15, -0.1) is 0 Å². The van der Waals surface area contributed by atoms with Gasteiger partial charge in [0.05, 0.1) is 24.9 Å². The van der Waals surface area contributed by atoms with Crippen molar-refractivity contribution in [3.63, 3.8) is 0 Å². The lowest BCUT2D eigenvalue weighted by molar-refractivity contribution is -0.151. The molecule has 0 aromatic rings. The number of carbonyl (C=O) groups is 3. The molecule has 46 heavy (non-hydrogen) atoms. The van der Waals surface area contributed by atoms with Crippen molar-refractivity contribution in [1.82, 2.24) is 4.90 Å². The molecule has 0 aliphatic rings. The smallest absolute Gasteiger partial charge is 0.308 e. The van der Waals surface area contributed by atoms with Gasteiger partial charge in [-0.25, -0.2) is 0 Å². The van der Waals surface area contributed by atoms with Gasteiger partial charge in [0.2, 0.25) is 5.91 Å². The summed E-state index contributed by atoms with van der Waals surface area (Å²) >= 11 is 0. The zero-order valence-corrected chi connectivity index (χ0v) is 31.1. The fraction of sp³-hybridized carbons (Fsp3) is 0.875. The number of nitrogens with zero attached hydrogens (tertiary/aromatic N) is 1. The fourth-order valence-electron chi connectivity index (χ4n) is 6.07. The summed E-state index contributed by atoms with van der Waals surface area (Å²) in [5, 5.41) is 0.